The Bertz CT molecular complexity index is 297. The van der Waals surface area contributed by atoms with Crippen LogP contribution in [0.2, 0.25) is 0 Å². The number of hydrogen-bond acceptors (Lipinski definition) is 2. The molecule has 0 amide bonds. The van der Waals surface area contributed by atoms with E-state index in [9.17, 15) is 4.39 Å². The Kier molecular flexibility index (Phi) is 1.27. The minimum atomic E-state index is -2.61. The molecule has 1 rings (SSSR count). The molecule has 0 atom stereocenters. The van der Waals surface area contributed by atoms with Crippen LogP contribution < -0.4 is 4.74 Å². The molecule has 0 unspecified atom stereocenters. The molecule has 0 N–H and O–H groups in total. The highest BCUT2D eigenvalue weighted by molar-refractivity contribution is 9.10. The summed E-state index contributed by atoms with van der Waals surface area (Å²) in [6, 6.07) is 2.00. The van der Waals surface area contributed by atoms with Crippen molar-refractivity contribution in [2.24, 2.45) is 0 Å². The van der Waals surface area contributed by atoms with E-state index in [1.54, 1.807) is 0 Å². The van der Waals surface area contributed by atoms with E-state index in [1.165, 1.54) is 0 Å². The van der Waals surface area contributed by atoms with E-state index in [-0.39, 0.29) is 10.5 Å². The number of ether oxygens (including phenoxy) is 1. The van der Waals surface area contributed by atoms with Crippen LogP contribution >= 0.6 is 15.9 Å². The third-order valence-corrected chi connectivity index (χ3v) is 1.25. The van der Waals surface area contributed by atoms with E-state index in [1.807, 2.05) is 0 Å². The Hall–Kier alpha value is -0.640. The van der Waals surface area contributed by atoms with Crippen LogP contribution in [0.25, 0.3) is 0 Å². The van der Waals surface area contributed by atoms with Crippen molar-refractivity contribution in [3.8, 4) is 5.88 Å². The standard InChI is InChI=1S/C6H5BrFNO/c1-10-6-3-4(8)2-5(7)9-6/h2-3H,1H3/i1D3. The number of rotatable bonds is 1. The monoisotopic (exact) mass is 208 g/mol. The van der Waals surface area contributed by atoms with Gasteiger partial charge in [-0.3, -0.25) is 0 Å². The molecule has 1 aromatic rings. The van der Waals surface area contributed by atoms with Gasteiger partial charge in [-0.25, -0.2) is 9.37 Å². The minimum absolute atomic E-state index is 0.187. The van der Waals surface area contributed by atoms with Gasteiger partial charge in [-0.15, -0.1) is 0 Å². The van der Waals surface area contributed by atoms with Crippen LogP contribution in [0.1, 0.15) is 4.11 Å². The molecule has 0 saturated carbocycles. The van der Waals surface area contributed by atoms with Gasteiger partial charge in [0.15, 0.2) is 0 Å². The molecule has 0 fully saturated rings. The van der Waals surface area contributed by atoms with Crippen molar-refractivity contribution < 1.29 is 13.2 Å². The molecule has 0 bridgehead atoms. The second-order valence-electron chi connectivity index (χ2n) is 1.55. The van der Waals surface area contributed by atoms with Crippen molar-refractivity contribution in [1.29, 1.82) is 0 Å². The van der Waals surface area contributed by atoms with E-state index in [4.69, 9.17) is 4.11 Å². The van der Waals surface area contributed by atoms with Crippen molar-refractivity contribution in [3.05, 3.63) is 22.6 Å². The second kappa shape index (κ2) is 2.96. The lowest BCUT2D eigenvalue weighted by Crippen LogP contribution is -1.88. The Balaban J connectivity index is 2.90. The first kappa shape index (κ1) is 4.28. The van der Waals surface area contributed by atoms with Crippen molar-refractivity contribution in [2.75, 3.05) is 7.04 Å². The predicted molar refractivity (Wildman–Crippen MR) is 38.4 cm³/mol. The minimum Gasteiger partial charge on any atom is -0.481 e. The van der Waals surface area contributed by atoms with Gasteiger partial charge in [0.2, 0.25) is 5.88 Å². The van der Waals surface area contributed by atoms with Crippen LogP contribution in [0.5, 0.6) is 5.88 Å². The summed E-state index contributed by atoms with van der Waals surface area (Å²) >= 11 is 2.91. The highest BCUT2D eigenvalue weighted by atomic mass is 79.9. The molecule has 0 spiro atoms. The first-order valence-electron chi connectivity index (χ1n) is 3.89. The van der Waals surface area contributed by atoms with Gasteiger partial charge in [0.1, 0.15) is 10.4 Å². The highest BCUT2D eigenvalue weighted by Crippen LogP contribution is 2.14. The summed E-state index contributed by atoms with van der Waals surface area (Å²) in [6.45, 7) is 0. The van der Waals surface area contributed by atoms with Gasteiger partial charge >= 0.3 is 0 Å². The molecule has 1 aromatic heterocycles. The Morgan fingerprint density at radius 1 is 1.80 bits per heavy atom. The molecule has 10 heavy (non-hydrogen) atoms. The van der Waals surface area contributed by atoms with Crippen molar-refractivity contribution in [2.45, 2.75) is 0 Å². The normalized spacial score (nSPS) is 15.2. The van der Waals surface area contributed by atoms with Crippen LogP contribution in [0.4, 0.5) is 4.39 Å². The molecule has 54 valence electrons. The summed E-state index contributed by atoms with van der Waals surface area (Å²) < 4.78 is 37.5. The van der Waals surface area contributed by atoms with E-state index >= 15 is 0 Å². The molecule has 0 aromatic carbocycles. The van der Waals surface area contributed by atoms with Crippen molar-refractivity contribution in [3.63, 3.8) is 0 Å². The summed E-state index contributed by atoms with van der Waals surface area (Å²) in [5.74, 6) is -0.881. The quantitative estimate of drug-likeness (QED) is 0.660. The van der Waals surface area contributed by atoms with Crippen molar-refractivity contribution >= 4 is 15.9 Å². The van der Waals surface area contributed by atoms with E-state index in [2.05, 4.69) is 25.7 Å². The van der Waals surface area contributed by atoms with Crippen LogP contribution in [0.15, 0.2) is 16.7 Å². The predicted octanol–water partition coefficient (Wildman–Crippen LogP) is 1.99. The first-order valence-corrected chi connectivity index (χ1v) is 3.18. The highest BCUT2D eigenvalue weighted by Gasteiger charge is 1.98. The van der Waals surface area contributed by atoms with Gasteiger partial charge in [-0.2, -0.15) is 0 Å². The van der Waals surface area contributed by atoms with Gasteiger partial charge in [-0.05, 0) is 15.9 Å². The number of hydrogen-bond donors (Lipinski definition) is 0. The topological polar surface area (TPSA) is 22.1 Å². The zero-order valence-electron chi connectivity index (χ0n) is 7.77. The molecule has 0 aliphatic rings. The summed E-state index contributed by atoms with van der Waals surface area (Å²) in [5, 5.41) is 0. The third kappa shape index (κ3) is 1.67. The van der Waals surface area contributed by atoms with E-state index < -0.39 is 12.9 Å². The van der Waals surface area contributed by atoms with E-state index in [0.717, 1.165) is 12.1 Å². The van der Waals surface area contributed by atoms with Crippen LogP contribution in [-0.4, -0.2) is 12.0 Å². The third-order valence-electron chi connectivity index (χ3n) is 0.840. The van der Waals surface area contributed by atoms with Gasteiger partial charge < -0.3 is 4.74 Å². The zero-order valence-corrected chi connectivity index (χ0v) is 6.35. The van der Waals surface area contributed by atoms with Gasteiger partial charge in [0, 0.05) is 12.1 Å². The number of methoxy groups -OCH3 is 1. The Morgan fingerprint density at radius 3 is 3.20 bits per heavy atom. The summed E-state index contributed by atoms with van der Waals surface area (Å²) in [4.78, 5) is 3.61. The lowest BCUT2D eigenvalue weighted by molar-refractivity contribution is 0.393. The maximum Gasteiger partial charge on any atom is 0.216 e. The lowest BCUT2D eigenvalue weighted by atomic mass is 10.5. The smallest absolute Gasteiger partial charge is 0.216 e. The second-order valence-corrected chi connectivity index (χ2v) is 2.36. The first-order chi connectivity index (χ1) is 5.87. The summed E-state index contributed by atoms with van der Waals surface area (Å²) in [5.41, 5.74) is 0. The van der Waals surface area contributed by atoms with Gasteiger partial charge in [0.05, 0.1) is 11.2 Å². The summed E-state index contributed by atoms with van der Waals surface area (Å²) in [6.07, 6.45) is 0. The lowest BCUT2D eigenvalue weighted by Gasteiger charge is -1.97. The molecule has 2 nitrogen and oxygen atoms in total. The molecule has 0 saturated heterocycles. The van der Waals surface area contributed by atoms with Gasteiger partial charge in [0.25, 0.3) is 0 Å². The fourth-order valence-electron chi connectivity index (χ4n) is 0.496. The molecular weight excluding hydrogens is 201 g/mol. The average Bonchev–Trinajstić information content (AvgIpc) is 1.78. The fourth-order valence-corrected chi connectivity index (χ4v) is 0.889. The molecular formula is C6H5BrFNO. The van der Waals surface area contributed by atoms with Crippen LogP contribution in [-0.2, 0) is 0 Å². The number of pyridine rings is 1. The fraction of sp³-hybridized carbons (Fsp3) is 0.167. The molecule has 0 radical (unpaired) electrons. The maximum absolute atomic E-state index is 12.7. The maximum atomic E-state index is 12.7. The number of aromatic nitrogens is 1. The van der Waals surface area contributed by atoms with Crippen LogP contribution in [0, 0.1) is 5.82 Å². The van der Waals surface area contributed by atoms with Gasteiger partial charge in [-0.1, -0.05) is 0 Å². The SMILES string of the molecule is [2H]C([2H])([2H])Oc1cc(F)cc(Br)n1. The average molecular weight is 209 g/mol. The summed E-state index contributed by atoms with van der Waals surface area (Å²) in [7, 11) is -2.61. The Labute approximate surface area is 70.4 Å². The molecule has 0 aliphatic carbocycles. The zero-order chi connectivity index (χ0) is 10.1. The largest absolute Gasteiger partial charge is 0.481 e. The molecule has 1 heterocycles. The number of nitrogens with zero attached hydrogens (tertiary/aromatic N) is 1. The molecule has 0 aliphatic heterocycles. The number of halogens is 2. The Morgan fingerprint density at radius 2 is 2.60 bits per heavy atom. The van der Waals surface area contributed by atoms with Crippen molar-refractivity contribution in [1.82, 2.24) is 4.98 Å². The van der Waals surface area contributed by atoms with Crippen LogP contribution in [0.3, 0.4) is 0 Å². The molecule has 4 heteroatoms. The van der Waals surface area contributed by atoms with E-state index in [0.29, 0.717) is 0 Å².